The van der Waals surface area contributed by atoms with Gasteiger partial charge in [-0.05, 0) is 24.2 Å². The first kappa shape index (κ1) is 19.7. The summed E-state index contributed by atoms with van der Waals surface area (Å²) in [6.45, 7) is 4.43. The topological polar surface area (TPSA) is 76.1 Å². The Morgan fingerprint density at radius 3 is 2.64 bits per heavy atom. The maximum atomic E-state index is 12.7. The third-order valence-corrected chi connectivity index (χ3v) is 9.28. The lowest BCUT2D eigenvalue weighted by atomic mass is 9.70. The third-order valence-electron chi connectivity index (χ3n) is 6.86. The Balaban J connectivity index is 1.38. The number of Topliss-reactive ketones (excluding diaryl/α,β-unsaturated/α-hetero) is 1. The molecule has 2 aromatic rings. The number of ketones is 1. The van der Waals surface area contributed by atoms with Crippen LogP contribution in [0.1, 0.15) is 38.1 Å². The number of carbonyl (C=O) groups is 1. The number of nitrogens with zero attached hydrogens (tertiary/aromatic N) is 1. The van der Waals surface area contributed by atoms with Crippen LogP contribution < -0.4 is 4.72 Å². The summed E-state index contributed by atoms with van der Waals surface area (Å²) in [6.07, 6.45) is 2.72. The molecular formula is C21H26N2O3S2. The number of fused-ring (bicyclic) bond motifs is 2. The summed E-state index contributed by atoms with van der Waals surface area (Å²) in [6, 6.07) is 9.93. The SMILES string of the molecule is CC1(C)[C@@H]2CC[C@]1(CS(=O)(=O)NCCc1nc(-c3ccccc3)cs1)C(=O)C2. The van der Waals surface area contributed by atoms with Crippen LogP contribution in [0.25, 0.3) is 11.3 Å². The number of sulfonamides is 1. The molecule has 0 spiro atoms. The smallest absolute Gasteiger partial charge is 0.212 e. The minimum absolute atomic E-state index is 0.0878. The zero-order chi connectivity index (χ0) is 20.0. The van der Waals surface area contributed by atoms with Gasteiger partial charge in [-0.25, -0.2) is 18.1 Å². The molecule has 1 N–H and O–H groups in total. The third kappa shape index (κ3) is 3.33. The number of hydrogen-bond donors (Lipinski definition) is 1. The lowest BCUT2D eigenvalue weighted by Crippen LogP contribution is -2.45. The van der Waals surface area contributed by atoms with Crippen LogP contribution in [0.4, 0.5) is 0 Å². The molecule has 0 radical (unpaired) electrons. The lowest BCUT2D eigenvalue weighted by molar-refractivity contribution is -0.128. The first-order chi connectivity index (χ1) is 13.2. The van der Waals surface area contributed by atoms with E-state index in [-0.39, 0.29) is 17.0 Å². The number of rotatable bonds is 7. The fourth-order valence-corrected chi connectivity index (χ4v) is 7.61. The van der Waals surface area contributed by atoms with Gasteiger partial charge in [0.05, 0.1) is 16.5 Å². The van der Waals surface area contributed by atoms with Gasteiger partial charge in [0.1, 0.15) is 5.78 Å². The fourth-order valence-electron chi connectivity index (χ4n) is 4.96. The minimum Gasteiger partial charge on any atom is -0.299 e. The van der Waals surface area contributed by atoms with Gasteiger partial charge in [0.15, 0.2) is 0 Å². The molecule has 0 aliphatic heterocycles. The Kier molecular flexibility index (Phi) is 4.96. The number of aromatic nitrogens is 1. The Morgan fingerprint density at radius 1 is 1.25 bits per heavy atom. The average Bonchev–Trinajstić information content (AvgIpc) is 3.25. The van der Waals surface area contributed by atoms with Gasteiger partial charge in [-0.15, -0.1) is 11.3 Å². The molecule has 0 saturated heterocycles. The standard InChI is InChI=1S/C21H26N2O3S2/c1-20(2)16-8-10-21(20,18(24)12-16)14-28(25,26)22-11-9-19-23-17(13-27-19)15-6-4-3-5-7-15/h3-7,13,16,22H,8-12,14H2,1-2H3/t16-,21+/m1/s1. The number of benzene rings is 1. The second kappa shape index (κ2) is 7.04. The van der Waals surface area contributed by atoms with Gasteiger partial charge in [0.25, 0.3) is 0 Å². The van der Waals surface area contributed by atoms with Gasteiger partial charge in [-0.1, -0.05) is 44.2 Å². The number of hydrogen-bond acceptors (Lipinski definition) is 5. The molecule has 7 heteroatoms. The quantitative estimate of drug-likeness (QED) is 0.744. The van der Waals surface area contributed by atoms with E-state index in [4.69, 9.17) is 0 Å². The molecule has 2 aliphatic rings. The van der Waals surface area contributed by atoms with Crippen LogP contribution in [0.3, 0.4) is 0 Å². The molecule has 1 aromatic heterocycles. The van der Waals surface area contributed by atoms with Crippen molar-refractivity contribution >= 4 is 27.1 Å². The van der Waals surface area contributed by atoms with E-state index >= 15 is 0 Å². The van der Waals surface area contributed by atoms with Crippen LogP contribution in [-0.4, -0.2) is 31.5 Å². The molecule has 4 rings (SSSR count). The maximum Gasteiger partial charge on any atom is 0.212 e. The number of thiazole rings is 1. The van der Waals surface area contributed by atoms with Crippen molar-refractivity contribution in [2.75, 3.05) is 12.3 Å². The zero-order valence-corrected chi connectivity index (χ0v) is 17.9. The van der Waals surface area contributed by atoms with Crippen molar-refractivity contribution in [3.8, 4) is 11.3 Å². The Hall–Kier alpha value is -1.57. The second-order valence-electron chi connectivity index (χ2n) is 8.56. The highest BCUT2D eigenvalue weighted by molar-refractivity contribution is 7.89. The summed E-state index contributed by atoms with van der Waals surface area (Å²) < 4.78 is 28.2. The molecule has 2 bridgehead atoms. The molecule has 2 fully saturated rings. The van der Waals surface area contributed by atoms with E-state index in [1.807, 2.05) is 35.7 Å². The largest absolute Gasteiger partial charge is 0.299 e. The molecule has 150 valence electrons. The van der Waals surface area contributed by atoms with E-state index in [1.54, 1.807) is 0 Å². The van der Waals surface area contributed by atoms with E-state index in [0.29, 0.717) is 31.7 Å². The van der Waals surface area contributed by atoms with Gasteiger partial charge in [-0.2, -0.15) is 0 Å². The zero-order valence-electron chi connectivity index (χ0n) is 16.3. The summed E-state index contributed by atoms with van der Waals surface area (Å²) in [5.41, 5.74) is 1.02. The van der Waals surface area contributed by atoms with Crippen LogP contribution >= 0.6 is 11.3 Å². The second-order valence-corrected chi connectivity index (χ2v) is 11.3. The summed E-state index contributed by atoms with van der Waals surface area (Å²) >= 11 is 1.54. The molecule has 5 nitrogen and oxygen atoms in total. The van der Waals surface area contributed by atoms with Crippen molar-refractivity contribution in [1.29, 1.82) is 0 Å². The van der Waals surface area contributed by atoms with E-state index in [9.17, 15) is 13.2 Å². The highest BCUT2D eigenvalue weighted by atomic mass is 32.2. The molecule has 2 aliphatic carbocycles. The van der Waals surface area contributed by atoms with Crippen LogP contribution in [-0.2, 0) is 21.2 Å². The van der Waals surface area contributed by atoms with Crippen molar-refractivity contribution in [2.45, 2.75) is 39.5 Å². The van der Waals surface area contributed by atoms with Crippen LogP contribution in [0.15, 0.2) is 35.7 Å². The van der Waals surface area contributed by atoms with E-state index in [2.05, 4.69) is 23.6 Å². The molecular weight excluding hydrogens is 392 g/mol. The summed E-state index contributed by atoms with van der Waals surface area (Å²) in [7, 11) is -3.52. The van der Waals surface area contributed by atoms with Crippen LogP contribution in [0.2, 0.25) is 0 Å². The van der Waals surface area contributed by atoms with Crippen molar-refractivity contribution in [1.82, 2.24) is 9.71 Å². The lowest BCUT2D eigenvalue weighted by Gasteiger charge is -2.36. The van der Waals surface area contributed by atoms with Crippen molar-refractivity contribution in [3.05, 3.63) is 40.7 Å². The monoisotopic (exact) mass is 418 g/mol. The Morgan fingerprint density at radius 2 is 2.00 bits per heavy atom. The molecule has 0 amide bonds. The summed E-state index contributed by atoms with van der Waals surface area (Å²) in [5.74, 6) is 0.364. The summed E-state index contributed by atoms with van der Waals surface area (Å²) in [5, 5.41) is 2.90. The molecule has 1 heterocycles. The first-order valence-electron chi connectivity index (χ1n) is 9.74. The minimum atomic E-state index is -3.52. The molecule has 1 aromatic carbocycles. The summed E-state index contributed by atoms with van der Waals surface area (Å²) in [4.78, 5) is 17.2. The Bertz CT molecular complexity index is 982. The molecule has 2 atom stereocenters. The molecule has 2 saturated carbocycles. The van der Waals surface area contributed by atoms with E-state index in [0.717, 1.165) is 22.7 Å². The van der Waals surface area contributed by atoms with Crippen LogP contribution in [0.5, 0.6) is 0 Å². The van der Waals surface area contributed by atoms with Gasteiger partial charge in [-0.3, -0.25) is 4.79 Å². The van der Waals surface area contributed by atoms with Gasteiger partial charge >= 0.3 is 0 Å². The van der Waals surface area contributed by atoms with E-state index < -0.39 is 15.4 Å². The van der Waals surface area contributed by atoms with Crippen LogP contribution in [0, 0.1) is 16.7 Å². The van der Waals surface area contributed by atoms with E-state index in [1.165, 1.54) is 11.3 Å². The maximum absolute atomic E-state index is 12.7. The van der Waals surface area contributed by atoms with Gasteiger partial charge in [0.2, 0.25) is 10.0 Å². The van der Waals surface area contributed by atoms with Gasteiger partial charge in [0, 0.05) is 35.7 Å². The highest BCUT2D eigenvalue weighted by Gasteiger charge is 2.65. The fraction of sp³-hybridized carbons (Fsp3) is 0.524. The molecule has 28 heavy (non-hydrogen) atoms. The first-order valence-corrected chi connectivity index (χ1v) is 12.3. The normalized spacial score (nSPS) is 26.1. The van der Waals surface area contributed by atoms with Crippen molar-refractivity contribution in [2.24, 2.45) is 16.7 Å². The van der Waals surface area contributed by atoms with Gasteiger partial charge < -0.3 is 0 Å². The van der Waals surface area contributed by atoms with Crippen molar-refractivity contribution in [3.63, 3.8) is 0 Å². The predicted molar refractivity (Wildman–Crippen MR) is 112 cm³/mol. The average molecular weight is 419 g/mol. The Labute approximate surface area is 170 Å². The predicted octanol–water partition coefficient (Wildman–Crippen LogP) is 3.67. The number of nitrogens with one attached hydrogen (secondary N) is 1. The number of carbonyl (C=O) groups excluding carboxylic acids is 1. The molecule has 0 unspecified atom stereocenters. The highest BCUT2D eigenvalue weighted by Crippen LogP contribution is 2.64. The van der Waals surface area contributed by atoms with Crippen molar-refractivity contribution < 1.29 is 13.2 Å².